The Kier molecular flexibility index (Phi) is 4.44. The van der Waals surface area contributed by atoms with E-state index in [2.05, 4.69) is 10.6 Å². The number of phenolic OH excluding ortho intramolecular Hbond substituents is 1. The monoisotopic (exact) mass is 268 g/mol. The molecule has 0 spiro atoms. The van der Waals surface area contributed by atoms with Gasteiger partial charge in [-0.05, 0) is 44.0 Å². The highest BCUT2D eigenvalue weighted by atomic mass is 35.5. The lowest BCUT2D eigenvalue weighted by Crippen LogP contribution is -2.30. The van der Waals surface area contributed by atoms with Crippen molar-refractivity contribution in [2.24, 2.45) is 0 Å². The summed E-state index contributed by atoms with van der Waals surface area (Å²) in [4.78, 5) is 11.8. The molecule has 1 atom stereocenters. The third-order valence-corrected chi connectivity index (χ3v) is 3.38. The van der Waals surface area contributed by atoms with Gasteiger partial charge in [-0.25, -0.2) is 0 Å². The van der Waals surface area contributed by atoms with E-state index in [9.17, 15) is 9.90 Å². The number of phenols is 1. The summed E-state index contributed by atoms with van der Waals surface area (Å²) >= 11 is 5.71. The molecular weight excluding hydrogens is 252 g/mol. The van der Waals surface area contributed by atoms with Crippen LogP contribution < -0.4 is 10.6 Å². The van der Waals surface area contributed by atoms with E-state index in [-0.39, 0.29) is 17.2 Å². The summed E-state index contributed by atoms with van der Waals surface area (Å²) in [5.74, 6) is -0.346. The van der Waals surface area contributed by atoms with Gasteiger partial charge >= 0.3 is 0 Å². The number of rotatable bonds is 4. The van der Waals surface area contributed by atoms with Crippen molar-refractivity contribution in [2.75, 3.05) is 13.1 Å². The van der Waals surface area contributed by atoms with E-state index in [1.54, 1.807) is 6.07 Å². The topological polar surface area (TPSA) is 61.4 Å². The number of hydrogen-bond acceptors (Lipinski definition) is 3. The lowest BCUT2D eigenvalue weighted by molar-refractivity contribution is 0.0949. The zero-order chi connectivity index (χ0) is 13.0. The highest BCUT2D eigenvalue weighted by Gasteiger charge is 2.15. The molecule has 1 amide bonds. The predicted octanol–water partition coefficient (Wildman–Crippen LogP) is 1.92. The first-order valence-electron chi connectivity index (χ1n) is 6.17. The molecule has 1 aromatic carbocycles. The first-order chi connectivity index (χ1) is 8.66. The third-order valence-electron chi connectivity index (χ3n) is 3.15. The maximum absolute atomic E-state index is 11.8. The number of nitrogens with one attached hydrogen (secondary N) is 2. The molecule has 0 saturated carbocycles. The van der Waals surface area contributed by atoms with Crippen LogP contribution in [0.3, 0.4) is 0 Å². The van der Waals surface area contributed by atoms with Crippen molar-refractivity contribution in [1.82, 2.24) is 10.6 Å². The van der Waals surface area contributed by atoms with Gasteiger partial charge in [-0.15, -0.1) is 0 Å². The van der Waals surface area contributed by atoms with Crippen LogP contribution >= 0.6 is 11.6 Å². The van der Waals surface area contributed by atoms with Gasteiger partial charge in [0.25, 0.3) is 5.91 Å². The van der Waals surface area contributed by atoms with Gasteiger partial charge in [-0.3, -0.25) is 4.79 Å². The number of amides is 1. The predicted molar refractivity (Wildman–Crippen MR) is 71.1 cm³/mol. The number of hydrogen-bond donors (Lipinski definition) is 3. The van der Waals surface area contributed by atoms with Gasteiger partial charge in [0.15, 0.2) is 0 Å². The summed E-state index contributed by atoms with van der Waals surface area (Å²) in [6.45, 7) is 1.68. The first-order valence-corrected chi connectivity index (χ1v) is 6.54. The van der Waals surface area contributed by atoms with E-state index < -0.39 is 0 Å². The van der Waals surface area contributed by atoms with Crippen molar-refractivity contribution in [3.05, 3.63) is 28.8 Å². The minimum atomic E-state index is -0.262. The normalized spacial score (nSPS) is 18.8. The molecule has 0 radical (unpaired) electrons. The molecule has 1 aliphatic heterocycles. The van der Waals surface area contributed by atoms with Crippen LogP contribution in [0.5, 0.6) is 5.75 Å². The molecular formula is C13H17ClN2O2. The van der Waals surface area contributed by atoms with E-state index in [0.29, 0.717) is 17.6 Å². The molecule has 0 unspecified atom stereocenters. The number of aromatic hydroxyl groups is 1. The van der Waals surface area contributed by atoms with E-state index in [4.69, 9.17) is 11.6 Å². The maximum atomic E-state index is 11.8. The summed E-state index contributed by atoms with van der Waals surface area (Å²) in [6.07, 6.45) is 3.29. The van der Waals surface area contributed by atoms with Crippen LogP contribution in [0.15, 0.2) is 18.2 Å². The fourth-order valence-corrected chi connectivity index (χ4v) is 2.32. The summed E-state index contributed by atoms with van der Waals surface area (Å²) in [6, 6.07) is 4.99. The average Bonchev–Trinajstić information content (AvgIpc) is 2.81. The van der Waals surface area contributed by atoms with Gasteiger partial charge in [0.1, 0.15) is 5.75 Å². The quantitative estimate of drug-likeness (QED) is 0.782. The standard InChI is InChI=1S/C13H17ClN2O2/c14-9-3-4-11(12(17)8-9)13(18)16-7-5-10-2-1-6-15-10/h3-4,8,10,15,17H,1-2,5-7H2,(H,16,18)/t10-/m0/s1. The van der Waals surface area contributed by atoms with Gasteiger partial charge in [-0.2, -0.15) is 0 Å². The van der Waals surface area contributed by atoms with Crippen LogP contribution in [0, 0.1) is 0 Å². The second-order valence-electron chi connectivity index (χ2n) is 4.50. The van der Waals surface area contributed by atoms with Gasteiger partial charge in [-0.1, -0.05) is 11.6 Å². The van der Waals surface area contributed by atoms with Crippen molar-refractivity contribution in [3.63, 3.8) is 0 Å². The fourth-order valence-electron chi connectivity index (χ4n) is 2.16. The molecule has 0 aliphatic carbocycles. The SMILES string of the molecule is O=C(NCC[C@@H]1CCCN1)c1ccc(Cl)cc1O. The third kappa shape index (κ3) is 3.37. The minimum Gasteiger partial charge on any atom is -0.507 e. The second kappa shape index (κ2) is 6.07. The lowest BCUT2D eigenvalue weighted by Gasteiger charge is -2.11. The van der Waals surface area contributed by atoms with Gasteiger partial charge in [0.2, 0.25) is 0 Å². The molecule has 1 fully saturated rings. The Labute approximate surface area is 111 Å². The van der Waals surface area contributed by atoms with Crippen molar-refractivity contribution in [2.45, 2.75) is 25.3 Å². The molecule has 0 aromatic heterocycles. The van der Waals surface area contributed by atoms with E-state index in [1.807, 2.05) is 0 Å². The Morgan fingerprint density at radius 3 is 3.06 bits per heavy atom. The molecule has 1 saturated heterocycles. The first kappa shape index (κ1) is 13.2. The van der Waals surface area contributed by atoms with Crippen molar-refractivity contribution >= 4 is 17.5 Å². The van der Waals surface area contributed by atoms with E-state index in [1.165, 1.54) is 25.0 Å². The summed E-state index contributed by atoms with van der Waals surface area (Å²) in [7, 11) is 0. The fraction of sp³-hybridized carbons (Fsp3) is 0.462. The molecule has 4 nitrogen and oxygen atoms in total. The maximum Gasteiger partial charge on any atom is 0.255 e. The van der Waals surface area contributed by atoms with Crippen LogP contribution in [-0.4, -0.2) is 30.1 Å². The molecule has 2 rings (SSSR count). The van der Waals surface area contributed by atoms with Crippen LogP contribution in [0.1, 0.15) is 29.6 Å². The van der Waals surface area contributed by atoms with E-state index >= 15 is 0 Å². The second-order valence-corrected chi connectivity index (χ2v) is 4.94. The Morgan fingerprint density at radius 1 is 1.56 bits per heavy atom. The van der Waals surface area contributed by atoms with E-state index in [0.717, 1.165) is 13.0 Å². The highest BCUT2D eigenvalue weighted by molar-refractivity contribution is 6.30. The minimum absolute atomic E-state index is 0.0843. The smallest absolute Gasteiger partial charge is 0.255 e. The largest absolute Gasteiger partial charge is 0.507 e. The molecule has 1 heterocycles. The number of halogens is 1. The number of benzene rings is 1. The molecule has 1 aliphatic rings. The van der Waals surface area contributed by atoms with Gasteiger partial charge < -0.3 is 15.7 Å². The lowest BCUT2D eigenvalue weighted by atomic mass is 10.1. The zero-order valence-corrected chi connectivity index (χ0v) is 10.8. The van der Waals surface area contributed by atoms with Crippen LogP contribution in [0.25, 0.3) is 0 Å². The van der Waals surface area contributed by atoms with Crippen LogP contribution in [-0.2, 0) is 0 Å². The molecule has 3 N–H and O–H groups in total. The Bertz CT molecular complexity index is 431. The summed E-state index contributed by atoms with van der Waals surface area (Å²) < 4.78 is 0. The van der Waals surface area contributed by atoms with Gasteiger partial charge in [0.05, 0.1) is 5.56 Å². The van der Waals surface area contributed by atoms with Gasteiger partial charge in [0, 0.05) is 17.6 Å². The van der Waals surface area contributed by atoms with Crippen LogP contribution in [0.2, 0.25) is 5.02 Å². The molecule has 1 aromatic rings. The van der Waals surface area contributed by atoms with Crippen molar-refractivity contribution < 1.29 is 9.90 Å². The highest BCUT2D eigenvalue weighted by Crippen LogP contribution is 2.21. The van der Waals surface area contributed by atoms with Crippen molar-refractivity contribution in [3.8, 4) is 5.75 Å². The molecule has 0 bridgehead atoms. The Hall–Kier alpha value is -1.26. The Morgan fingerprint density at radius 2 is 2.39 bits per heavy atom. The summed E-state index contributed by atoms with van der Waals surface area (Å²) in [5, 5.41) is 16.2. The molecule has 18 heavy (non-hydrogen) atoms. The summed E-state index contributed by atoms with van der Waals surface area (Å²) in [5.41, 5.74) is 0.263. The van der Waals surface area contributed by atoms with Crippen molar-refractivity contribution in [1.29, 1.82) is 0 Å². The molecule has 5 heteroatoms. The molecule has 98 valence electrons. The van der Waals surface area contributed by atoms with Crippen LogP contribution in [0.4, 0.5) is 0 Å². The average molecular weight is 269 g/mol. The zero-order valence-electron chi connectivity index (χ0n) is 10.1. The Balaban J connectivity index is 1.83. The number of carbonyl (C=O) groups excluding carboxylic acids is 1. The number of carbonyl (C=O) groups is 1.